The van der Waals surface area contributed by atoms with Crippen LogP contribution >= 0.6 is 35.6 Å². The number of carbonyl (C=O) groups excluding carboxylic acids is 1. The fourth-order valence-electron chi connectivity index (χ4n) is 3.26. The number of aliphatic hydroxyl groups is 1. The molecule has 0 aromatic heterocycles. The summed E-state index contributed by atoms with van der Waals surface area (Å²) in [5.74, 6) is 0.912. The summed E-state index contributed by atoms with van der Waals surface area (Å²) in [6.07, 6.45) is 1.49. The standard InChI is InChI=1S/C20H30ClN5O2.HI/c1-2-22-20(23-13-18(27)16-5-3-4-6-17(16)21)26-11-9-25(10-12-26)14-19(28)24-15-7-8-15;/h3-6,15,18,27H,2,7-14H2,1H3,(H,22,23)(H,24,28);1H. The van der Waals surface area contributed by atoms with Crippen LogP contribution < -0.4 is 10.6 Å². The Kier molecular flexibility index (Phi) is 9.94. The van der Waals surface area contributed by atoms with E-state index in [1.165, 1.54) is 0 Å². The SMILES string of the molecule is CCNC(=NCC(O)c1ccccc1Cl)N1CCN(CC(=O)NC2CC2)CC1.I. The molecule has 1 saturated carbocycles. The number of amides is 1. The van der Waals surface area contributed by atoms with Crippen LogP contribution in [0.1, 0.15) is 31.4 Å². The molecule has 0 spiro atoms. The maximum atomic E-state index is 12.0. The summed E-state index contributed by atoms with van der Waals surface area (Å²) in [6.45, 7) is 6.71. The van der Waals surface area contributed by atoms with Gasteiger partial charge in [-0.2, -0.15) is 0 Å². The average molecular weight is 536 g/mol. The van der Waals surface area contributed by atoms with Gasteiger partial charge in [0, 0.05) is 49.4 Å². The van der Waals surface area contributed by atoms with Crippen LogP contribution in [0.25, 0.3) is 0 Å². The molecule has 9 heteroatoms. The monoisotopic (exact) mass is 535 g/mol. The molecule has 1 aromatic rings. The number of nitrogens with zero attached hydrogens (tertiary/aromatic N) is 3. The average Bonchev–Trinajstić information content (AvgIpc) is 3.50. The van der Waals surface area contributed by atoms with Crippen molar-refractivity contribution in [2.45, 2.75) is 31.9 Å². The van der Waals surface area contributed by atoms with Gasteiger partial charge < -0.3 is 20.6 Å². The molecule has 7 nitrogen and oxygen atoms in total. The number of hydrogen-bond acceptors (Lipinski definition) is 4. The number of carbonyl (C=O) groups is 1. The number of guanidine groups is 1. The molecule has 1 aromatic carbocycles. The second-order valence-corrected chi connectivity index (χ2v) is 7.74. The number of hydrogen-bond donors (Lipinski definition) is 3. The number of benzene rings is 1. The second kappa shape index (κ2) is 11.9. The Bertz CT molecular complexity index is 693. The van der Waals surface area contributed by atoms with Crippen LogP contribution in [0.15, 0.2) is 29.3 Å². The van der Waals surface area contributed by atoms with Crippen molar-refractivity contribution in [2.75, 3.05) is 45.8 Å². The summed E-state index contributed by atoms with van der Waals surface area (Å²) < 4.78 is 0. The quantitative estimate of drug-likeness (QED) is 0.282. The normalized spacial score (nSPS) is 18.7. The highest BCUT2D eigenvalue weighted by atomic mass is 127. The lowest BCUT2D eigenvalue weighted by Gasteiger charge is -2.36. The Morgan fingerprint density at radius 2 is 1.97 bits per heavy atom. The van der Waals surface area contributed by atoms with Gasteiger partial charge in [-0.05, 0) is 25.8 Å². The number of aliphatic hydroxyl groups excluding tert-OH is 1. The van der Waals surface area contributed by atoms with E-state index in [2.05, 4.69) is 25.4 Å². The first-order valence-corrected chi connectivity index (χ1v) is 10.4. The van der Waals surface area contributed by atoms with Crippen molar-refractivity contribution in [3.8, 4) is 0 Å². The van der Waals surface area contributed by atoms with E-state index in [1.54, 1.807) is 6.07 Å². The zero-order chi connectivity index (χ0) is 19.9. The van der Waals surface area contributed by atoms with Gasteiger partial charge in [0.1, 0.15) is 6.10 Å². The van der Waals surface area contributed by atoms with Crippen LogP contribution in [0.4, 0.5) is 0 Å². The molecule has 1 aliphatic carbocycles. The van der Waals surface area contributed by atoms with Crippen molar-refractivity contribution in [3.63, 3.8) is 0 Å². The van der Waals surface area contributed by atoms with Crippen LogP contribution in [0.3, 0.4) is 0 Å². The fourth-order valence-corrected chi connectivity index (χ4v) is 3.53. The van der Waals surface area contributed by atoms with Crippen LogP contribution in [0.2, 0.25) is 5.02 Å². The van der Waals surface area contributed by atoms with Gasteiger partial charge in [-0.3, -0.25) is 14.7 Å². The molecule has 0 bridgehead atoms. The zero-order valence-corrected chi connectivity index (χ0v) is 19.9. The maximum Gasteiger partial charge on any atom is 0.234 e. The van der Waals surface area contributed by atoms with Gasteiger partial charge >= 0.3 is 0 Å². The van der Waals surface area contributed by atoms with E-state index >= 15 is 0 Å². The highest BCUT2D eigenvalue weighted by Crippen LogP contribution is 2.22. The predicted octanol–water partition coefficient (Wildman–Crippen LogP) is 1.85. The van der Waals surface area contributed by atoms with Crippen LogP contribution in [-0.4, -0.2) is 78.6 Å². The maximum absolute atomic E-state index is 12.0. The summed E-state index contributed by atoms with van der Waals surface area (Å²) in [5, 5.41) is 17.3. The first-order chi connectivity index (χ1) is 13.6. The van der Waals surface area contributed by atoms with Gasteiger partial charge in [-0.1, -0.05) is 29.8 Å². The molecule has 1 amide bonds. The first-order valence-electron chi connectivity index (χ1n) is 10.0. The Hall–Kier alpha value is -1.10. The van der Waals surface area contributed by atoms with Gasteiger partial charge in [-0.15, -0.1) is 24.0 Å². The molecule has 3 N–H and O–H groups in total. The molecular formula is C20H31ClIN5O2. The summed E-state index contributed by atoms with van der Waals surface area (Å²) in [7, 11) is 0. The van der Waals surface area contributed by atoms with Gasteiger partial charge in [0.05, 0.1) is 13.1 Å². The Morgan fingerprint density at radius 3 is 2.59 bits per heavy atom. The lowest BCUT2D eigenvalue weighted by molar-refractivity contribution is -0.122. The molecule has 0 radical (unpaired) electrons. The molecule has 1 saturated heterocycles. The summed E-state index contributed by atoms with van der Waals surface area (Å²) in [6, 6.07) is 7.70. The fraction of sp³-hybridized carbons (Fsp3) is 0.600. The summed E-state index contributed by atoms with van der Waals surface area (Å²) >= 11 is 6.16. The van der Waals surface area contributed by atoms with E-state index in [9.17, 15) is 9.90 Å². The Labute approximate surface area is 194 Å². The molecule has 3 rings (SSSR count). The summed E-state index contributed by atoms with van der Waals surface area (Å²) in [5.41, 5.74) is 0.690. The van der Waals surface area contributed by atoms with Crippen molar-refractivity contribution in [1.29, 1.82) is 0 Å². The van der Waals surface area contributed by atoms with E-state index in [0.717, 1.165) is 51.5 Å². The predicted molar refractivity (Wildman–Crippen MR) is 127 cm³/mol. The largest absolute Gasteiger partial charge is 0.386 e. The van der Waals surface area contributed by atoms with Crippen molar-refractivity contribution in [2.24, 2.45) is 4.99 Å². The van der Waals surface area contributed by atoms with Crippen molar-refractivity contribution in [1.82, 2.24) is 20.4 Å². The van der Waals surface area contributed by atoms with Crippen molar-refractivity contribution >= 4 is 47.4 Å². The summed E-state index contributed by atoms with van der Waals surface area (Å²) in [4.78, 5) is 20.9. The molecule has 162 valence electrons. The third-order valence-electron chi connectivity index (χ3n) is 4.99. The highest BCUT2D eigenvalue weighted by Gasteiger charge is 2.26. The number of halogens is 2. The Balaban J connectivity index is 0.00000300. The van der Waals surface area contributed by atoms with Crippen molar-refractivity contribution < 1.29 is 9.90 Å². The van der Waals surface area contributed by atoms with Crippen LogP contribution in [0, 0.1) is 0 Å². The van der Waals surface area contributed by atoms with E-state index in [-0.39, 0.29) is 36.4 Å². The number of aliphatic imine (C=N–C) groups is 1. The van der Waals surface area contributed by atoms with Crippen molar-refractivity contribution in [3.05, 3.63) is 34.9 Å². The van der Waals surface area contributed by atoms with E-state index < -0.39 is 6.10 Å². The molecular weight excluding hydrogens is 505 g/mol. The van der Waals surface area contributed by atoms with Gasteiger partial charge in [0.25, 0.3) is 0 Å². The topological polar surface area (TPSA) is 80.2 Å². The third-order valence-corrected chi connectivity index (χ3v) is 5.34. The molecule has 29 heavy (non-hydrogen) atoms. The second-order valence-electron chi connectivity index (χ2n) is 7.34. The minimum absolute atomic E-state index is 0. The smallest absolute Gasteiger partial charge is 0.234 e. The number of rotatable bonds is 7. The number of nitrogens with one attached hydrogen (secondary N) is 2. The molecule has 2 aliphatic rings. The molecule has 1 atom stereocenters. The van der Waals surface area contributed by atoms with E-state index in [1.807, 2.05) is 25.1 Å². The van der Waals surface area contributed by atoms with Crippen LogP contribution in [-0.2, 0) is 4.79 Å². The first kappa shape index (κ1) is 24.2. The minimum Gasteiger partial charge on any atom is -0.386 e. The van der Waals surface area contributed by atoms with E-state index in [0.29, 0.717) is 23.2 Å². The number of piperazine rings is 1. The third kappa shape index (κ3) is 7.58. The van der Waals surface area contributed by atoms with Crippen LogP contribution in [0.5, 0.6) is 0 Å². The molecule has 1 aliphatic heterocycles. The minimum atomic E-state index is -0.741. The van der Waals surface area contributed by atoms with Gasteiger partial charge in [0.2, 0.25) is 5.91 Å². The molecule has 1 heterocycles. The lowest BCUT2D eigenvalue weighted by Crippen LogP contribution is -2.54. The highest BCUT2D eigenvalue weighted by molar-refractivity contribution is 14.0. The Morgan fingerprint density at radius 1 is 1.28 bits per heavy atom. The zero-order valence-electron chi connectivity index (χ0n) is 16.8. The lowest BCUT2D eigenvalue weighted by atomic mass is 10.1. The molecule has 1 unspecified atom stereocenters. The van der Waals surface area contributed by atoms with E-state index in [4.69, 9.17) is 11.6 Å². The van der Waals surface area contributed by atoms with Gasteiger partial charge in [0.15, 0.2) is 5.96 Å². The molecule has 2 fully saturated rings. The van der Waals surface area contributed by atoms with Gasteiger partial charge in [-0.25, -0.2) is 0 Å².